The minimum atomic E-state index is -0.127. The van der Waals surface area contributed by atoms with Crippen molar-refractivity contribution in [3.8, 4) is 11.5 Å². The summed E-state index contributed by atoms with van der Waals surface area (Å²) in [4.78, 5) is 12.1. The monoisotopic (exact) mass is 354 g/mol. The van der Waals surface area contributed by atoms with Crippen LogP contribution in [0.5, 0.6) is 11.5 Å². The Hall–Kier alpha value is -2.95. The summed E-state index contributed by atoms with van der Waals surface area (Å²) in [6.45, 7) is 9.08. The molecule has 0 aromatic heterocycles. The molecule has 0 aliphatic carbocycles. The number of hydrogen-bond acceptors (Lipinski definition) is 4. The third kappa shape index (κ3) is 6.89. The molecule has 0 heterocycles. The van der Waals surface area contributed by atoms with E-state index in [2.05, 4.69) is 31.1 Å². The number of nitrogens with one attached hydrogen (secondary N) is 2. The number of carbonyl (C=O) groups is 1. The molecule has 5 heteroatoms. The summed E-state index contributed by atoms with van der Waals surface area (Å²) in [6.07, 6.45) is 1.69. The summed E-state index contributed by atoms with van der Waals surface area (Å²) in [5.74, 6) is 1.83. The van der Waals surface area contributed by atoms with E-state index in [0.29, 0.717) is 24.8 Å². The van der Waals surface area contributed by atoms with Crippen LogP contribution in [0, 0.1) is 5.92 Å². The van der Waals surface area contributed by atoms with E-state index >= 15 is 0 Å². The lowest BCUT2D eigenvalue weighted by molar-refractivity contribution is -0.114. The van der Waals surface area contributed by atoms with Gasteiger partial charge in [-0.1, -0.05) is 32.6 Å². The summed E-state index contributed by atoms with van der Waals surface area (Å²) < 4.78 is 11.1. The third-order valence-electron chi connectivity index (χ3n) is 3.38. The molecular weight excluding hydrogens is 328 g/mol. The molecule has 5 nitrogen and oxygen atoms in total. The summed E-state index contributed by atoms with van der Waals surface area (Å²) >= 11 is 0. The molecule has 1 amide bonds. The molecule has 0 unspecified atom stereocenters. The third-order valence-corrected chi connectivity index (χ3v) is 3.38. The Morgan fingerprint density at radius 1 is 1.08 bits per heavy atom. The lowest BCUT2D eigenvalue weighted by Crippen LogP contribution is -2.21. The zero-order valence-electron chi connectivity index (χ0n) is 15.3. The maximum Gasteiger partial charge on any atom is 0.243 e. The van der Waals surface area contributed by atoms with Crippen molar-refractivity contribution in [3.63, 3.8) is 0 Å². The molecule has 0 atom stereocenters. The van der Waals surface area contributed by atoms with Crippen LogP contribution in [0.2, 0.25) is 0 Å². The van der Waals surface area contributed by atoms with E-state index in [1.54, 1.807) is 6.08 Å². The molecule has 0 spiro atoms. The van der Waals surface area contributed by atoms with Crippen LogP contribution in [0.25, 0.3) is 0 Å². The molecule has 2 aromatic rings. The Balaban J connectivity index is 1.81. The van der Waals surface area contributed by atoms with Crippen molar-refractivity contribution in [1.29, 1.82) is 0 Å². The second-order valence-corrected chi connectivity index (χ2v) is 6.26. The van der Waals surface area contributed by atoms with Crippen LogP contribution in [-0.4, -0.2) is 25.7 Å². The molecule has 2 N–H and O–H groups in total. The van der Waals surface area contributed by atoms with Gasteiger partial charge in [0, 0.05) is 17.4 Å². The van der Waals surface area contributed by atoms with E-state index in [0.717, 1.165) is 17.2 Å². The highest BCUT2D eigenvalue weighted by Crippen LogP contribution is 2.18. The van der Waals surface area contributed by atoms with E-state index in [-0.39, 0.29) is 12.5 Å². The van der Waals surface area contributed by atoms with Gasteiger partial charge in [0.2, 0.25) is 5.91 Å². The summed E-state index contributed by atoms with van der Waals surface area (Å²) in [5.41, 5.74) is 1.56. The van der Waals surface area contributed by atoms with Gasteiger partial charge in [-0.3, -0.25) is 4.79 Å². The second-order valence-electron chi connectivity index (χ2n) is 6.26. The normalized spacial score (nSPS) is 10.3. The molecule has 0 saturated heterocycles. The Kier molecular flexibility index (Phi) is 7.55. The van der Waals surface area contributed by atoms with Gasteiger partial charge in [0.1, 0.15) is 18.1 Å². The molecule has 2 rings (SSSR count). The van der Waals surface area contributed by atoms with Crippen LogP contribution in [0.3, 0.4) is 0 Å². The zero-order valence-corrected chi connectivity index (χ0v) is 15.3. The van der Waals surface area contributed by atoms with E-state index < -0.39 is 0 Å². The van der Waals surface area contributed by atoms with Crippen molar-refractivity contribution in [3.05, 3.63) is 61.2 Å². The number of carbonyl (C=O) groups excluding carboxylic acids is 1. The molecule has 0 aliphatic rings. The topological polar surface area (TPSA) is 59.6 Å². The molecule has 0 radical (unpaired) electrons. The van der Waals surface area contributed by atoms with Gasteiger partial charge >= 0.3 is 0 Å². The summed E-state index contributed by atoms with van der Waals surface area (Å²) in [6, 6.07) is 14.8. The van der Waals surface area contributed by atoms with Crippen LogP contribution < -0.4 is 20.1 Å². The average Bonchev–Trinajstić information content (AvgIpc) is 2.64. The van der Waals surface area contributed by atoms with Crippen LogP contribution in [-0.2, 0) is 4.79 Å². The lowest BCUT2D eigenvalue weighted by atomic mass is 10.2. The van der Waals surface area contributed by atoms with E-state index in [1.807, 2.05) is 48.5 Å². The fourth-order valence-electron chi connectivity index (χ4n) is 2.14. The number of rotatable bonds is 10. The molecule has 138 valence electrons. The van der Waals surface area contributed by atoms with E-state index in [4.69, 9.17) is 9.47 Å². The fourth-order valence-corrected chi connectivity index (χ4v) is 2.14. The quantitative estimate of drug-likeness (QED) is 0.623. The molecule has 2 aromatic carbocycles. The van der Waals surface area contributed by atoms with E-state index in [9.17, 15) is 4.79 Å². The highest BCUT2D eigenvalue weighted by Gasteiger charge is 2.04. The predicted octanol–water partition coefficient (Wildman–Crippen LogP) is 4.34. The minimum Gasteiger partial charge on any atom is -0.493 e. The number of anilines is 2. The molecule has 26 heavy (non-hydrogen) atoms. The zero-order chi connectivity index (χ0) is 18.8. The van der Waals surface area contributed by atoms with Crippen molar-refractivity contribution >= 4 is 17.3 Å². The summed E-state index contributed by atoms with van der Waals surface area (Å²) in [5, 5.41) is 5.95. The van der Waals surface area contributed by atoms with Crippen molar-refractivity contribution in [2.45, 2.75) is 13.8 Å². The maximum atomic E-state index is 12.1. The second kappa shape index (κ2) is 10.1. The fraction of sp³-hybridized carbons (Fsp3) is 0.286. The first-order chi connectivity index (χ1) is 12.6. The first-order valence-corrected chi connectivity index (χ1v) is 8.67. The first kappa shape index (κ1) is 19.4. The van der Waals surface area contributed by atoms with Crippen LogP contribution >= 0.6 is 0 Å². The maximum absolute atomic E-state index is 12.1. The van der Waals surface area contributed by atoms with Crippen molar-refractivity contribution in [2.24, 2.45) is 5.92 Å². The first-order valence-electron chi connectivity index (χ1n) is 8.67. The highest BCUT2D eigenvalue weighted by atomic mass is 16.5. The van der Waals surface area contributed by atoms with Crippen LogP contribution in [0.15, 0.2) is 61.2 Å². The number of benzene rings is 2. The van der Waals surface area contributed by atoms with Crippen molar-refractivity contribution < 1.29 is 14.3 Å². The molecule has 0 bridgehead atoms. The average molecular weight is 354 g/mol. The Morgan fingerprint density at radius 3 is 2.54 bits per heavy atom. The Morgan fingerprint density at radius 2 is 1.85 bits per heavy atom. The largest absolute Gasteiger partial charge is 0.493 e. The van der Waals surface area contributed by atoms with Crippen molar-refractivity contribution in [1.82, 2.24) is 0 Å². The van der Waals surface area contributed by atoms with Crippen molar-refractivity contribution in [2.75, 3.05) is 30.4 Å². The SMILES string of the molecule is C=CCOc1ccc(NCC(=O)Nc2cccc(OCC(C)C)c2)cc1. The molecule has 0 fully saturated rings. The lowest BCUT2D eigenvalue weighted by Gasteiger charge is -2.11. The number of ether oxygens (including phenoxy) is 2. The highest BCUT2D eigenvalue weighted by molar-refractivity contribution is 5.93. The van der Waals surface area contributed by atoms with Gasteiger partial charge in [0.15, 0.2) is 0 Å². The predicted molar refractivity (Wildman–Crippen MR) is 106 cm³/mol. The summed E-state index contributed by atoms with van der Waals surface area (Å²) in [7, 11) is 0. The van der Waals surface area contributed by atoms with Gasteiger partial charge < -0.3 is 20.1 Å². The number of amides is 1. The molecule has 0 saturated carbocycles. The minimum absolute atomic E-state index is 0.127. The molecular formula is C21H26N2O3. The van der Waals surface area contributed by atoms with Gasteiger partial charge in [0.05, 0.1) is 13.2 Å². The smallest absolute Gasteiger partial charge is 0.243 e. The van der Waals surface area contributed by atoms with Crippen LogP contribution in [0.1, 0.15) is 13.8 Å². The molecule has 0 aliphatic heterocycles. The van der Waals surface area contributed by atoms with Gasteiger partial charge in [-0.05, 0) is 42.3 Å². The van der Waals surface area contributed by atoms with Gasteiger partial charge in [-0.2, -0.15) is 0 Å². The van der Waals surface area contributed by atoms with E-state index in [1.165, 1.54) is 0 Å². The Labute approximate surface area is 155 Å². The van der Waals surface area contributed by atoms with Gasteiger partial charge in [0.25, 0.3) is 0 Å². The Bertz CT molecular complexity index is 711. The van der Waals surface area contributed by atoms with Crippen LogP contribution in [0.4, 0.5) is 11.4 Å². The van der Waals surface area contributed by atoms with Gasteiger partial charge in [-0.25, -0.2) is 0 Å². The number of hydrogen-bond donors (Lipinski definition) is 2. The standard InChI is InChI=1S/C21H26N2O3/c1-4-12-25-19-10-8-17(9-11-19)22-14-21(24)23-18-6-5-7-20(13-18)26-15-16(2)3/h4-11,13,16,22H,1,12,14-15H2,2-3H3,(H,23,24). The van der Waals surface area contributed by atoms with Gasteiger partial charge in [-0.15, -0.1) is 0 Å².